The summed E-state index contributed by atoms with van der Waals surface area (Å²) in [7, 11) is 0. The summed E-state index contributed by atoms with van der Waals surface area (Å²) in [6.07, 6.45) is 4.03. The van der Waals surface area contributed by atoms with Crippen molar-refractivity contribution in [2.45, 2.75) is 13.3 Å². The fourth-order valence-corrected chi connectivity index (χ4v) is 1.28. The van der Waals surface area contributed by atoms with Crippen LogP contribution >= 0.6 is 0 Å². The van der Waals surface area contributed by atoms with Crippen molar-refractivity contribution in [3.8, 4) is 0 Å². The first-order chi connectivity index (χ1) is 6.72. The molecular formula is C9H10N4O. The van der Waals surface area contributed by atoms with Gasteiger partial charge in [-0.05, 0) is 12.5 Å². The van der Waals surface area contributed by atoms with Crippen LogP contribution in [0.2, 0.25) is 0 Å². The summed E-state index contributed by atoms with van der Waals surface area (Å²) in [6.45, 7) is 2.00. The van der Waals surface area contributed by atoms with E-state index in [0.717, 1.165) is 12.1 Å². The molecule has 1 amide bonds. The number of carbonyl (C=O) groups is 1. The molecule has 14 heavy (non-hydrogen) atoms. The summed E-state index contributed by atoms with van der Waals surface area (Å²) in [6, 6.07) is 1.87. The zero-order valence-electron chi connectivity index (χ0n) is 7.77. The Labute approximate surface area is 80.6 Å². The van der Waals surface area contributed by atoms with Gasteiger partial charge in [-0.15, -0.1) is 0 Å². The van der Waals surface area contributed by atoms with Gasteiger partial charge in [0.05, 0.1) is 6.20 Å². The van der Waals surface area contributed by atoms with Crippen molar-refractivity contribution in [3.63, 3.8) is 0 Å². The summed E-state index contributed by atoms with van der Waals surface area (Å²) in [5.74, 6) is -0.499. The van der Waals surface area contributed by atoms with E-state index in [1.807, 2.05) is 13.0 Å². The van der Waals surface area contributed by atoms with Crippen molar-refractivity contribution in [1.82, 2.24) is 14.6 Å². The number of hydrogen-bond donors (Lipinski definition) is 1. The highest BCUT2D eigenvalue weighted by atomic mass is 16.1. The molecule has 0 unspecified atom stereocenters. The topological polar surface area (TPSA) is 73.3 Å². The summed E-state index contributed by atoms with van der Waals surface area (Å²) in [4.78, 5) is 15.3. The third kappa shape index (κ3) is 1.22. The molecule has 0 atom stereocenters. The number of rotatable bonds is 2. The van der Waals surface area contributed by atoms with E-state index in [1.54, 1.807) is 10.7 Å². The molecule has 0 bridgehead atoms. The predicted octanol–water partition coefficient (Wildman–Crippen LogP) is 0.391. The molecule has 0 saturated carbocycles. The highest BCUT2D eigenvalue weighted by Crippen LogP contribution is 2.08. The molecule has 5 nitrogen and oxygen atoms in total. The minimum Gasteiger partial charge on any atom is -0.365 e. The van der Waals surface area contributed by atoms with Crippen LogP contribution in [0.25, 0.3) is 5.65 Å². The first kappa shape index (κ1) is 8.68. The third-order valence-electron chi connectivity index (χ3n) is 2.05. The van der Waals surface area contributed by atoms with E-state index in [0.29, 0.717) is 11.2 Å². The van der Waals surface area contributed by atoms with Gasteiger partial charge in [0.25, 0.3) is 5.91 Å². The molecule has 72 valence electrons. The molecule has 0 saturated heterocycles. The molecule has 0 aliphatic heterocycles. The Kier molecular flexibility index (Phi) is 1.92. The normalized spacial score (nSPS) is 10.6. The molecule has 5 heteroatoms. The lowest BCUT2D eigenvalue weighted by molar-refractivity contribution is 0.100. The Hall–Kier alpha value is -1.91. The number of nitrogens with two attached hydrogens (primary N) is 1. The molecule has 2 N–H and O–H groups in total. The van der Waals surface area contributed by atoms with E-state index in [-0.39, 0.29) is 0 Å². The van der Waals surface area contributed by atoms with Gasteiger partial charge in [-0.2, -0.15) is 5.10 Å². The van der Waals surface area contributed by atoms with Crippen molar-refractivity contribution in [3.05, 3.63) is 29.7 Å². The van der Waals surface area contributed by atoms with Crippen molar-refractivity contribution in [2.75, 3.05) is 0 Å². The highest BCUT2D eigenvalue weighted by Gasteiger charge is 2.10. The van der Waals surface area contributed by atoms with Crippen molar-refractivity contribution < 1.29 is 4.79 Å². The van der Waals surface area contributed by atoms with Crippen molar-refractivity contribution >= 4 is 11.6 Å². The van der Waals surface area contributed by atoms with Crippen LogP contribution in [0.1, 0.15) is 23.0 Å². The molecule has 0 aliphatic carbocycles. The van der Waals surface area contributed by atoms with Crippen LogP contribution in [0.4, 0.5) is 0 Å². The van der Waals surface area contributed by atoms with E-state index in [2.05, 4.69) is 10.1 Å². The first-order valence-corrected chi connectivity index (χ1v) is 4.35. The average Bonchev–Trinajstić information content (AvgIpc) is 2.59. The third-order valence-corrected chi connectivity index (χ3v) is 2.05. The molecule has 2 aromatic rings. The van der Waals surface area contributed by atoms with Gasteiger partial charge in [0.15, 0.2) is 5.65 Å². The largest absolute Gasteiger partial charge is 0.365 e. The molecule has 0 fully saturated rings. The van der Waals surface area contributed by atoms with Gasteiger partial charge in [0.2, 0.25) is 0 Å². The Morgan fingerprint density at radius 1 is 1.64 bits per heavy atom. The SMILES string of the molecule is CCc1ccn2ncc(C(N)=O)c2n1. The number of aryl methyl sites for hydroxylation is 1. The lowest BCUT2D eigenvalue weighted by atomic mass is 10.3. The van der Waals surface area contributed by atoms with Crippen LogP contribution in [0.15, 0.2) is 18.5 Å². The first-order valence-electron chi connectivity index (χ1n) is 4.35. The maximum Gasteiger partial charge on any atom is 0.254 e. The number of aromatic nitrogens is 3. The Morgan fingerprint density at radius 3 is 3.07 bits per heavy atom. The molecule has 2 aromatic heterocycles. The minimum absolute atomic E-state index is 0.361. The average molecular weight is 190 g/mol. The zero-order valence-corrected chi connectivity index (χ0v) is 7.77. The van der Waals surface area contributed by atoms with E-state index in [9.17, 15) is 4.79 Å². The fourth-order valence-electron chi connectivity index (χ4n) is 1.28. The second-order valence-corrected chi connectivity index (χ2v) is 2.96. The van der Waals surface area contributed by atoms with Crippen LogP contribution < -0.4 is 5.73 Å². The lowest BCUT2D eigenvalue weighted by Gasteiger charge is -1.97. The Bertz CT molecular complexity index is 489. The van der Waals surface area contributed by atoms with Crippen LogP contribution in [0, 0.1) is 0 Å². The van der Waals surface area contributed by atoms with Crippen molar-refractivity contribution in [1.29, 1.82) is 0 Å². The Morgan fingerprint density at radius 2 is 2.43 bits per heavy atom. The fraction of sp³-hybridized carbons (Fsp3) is 0.222. The summed E-state index contributed by atoms with van der Waals surface area (Å²) >= 11 is 0. The summed E-state index contributed by atoms with van der Waals surface area (Å²) in [5.41, 5.74) is 6.99. The second-order valence-electron chi connectivity index (χ2n) is 2.96. The number of amides is 1. The number of carbonyl (C=O) groups excluding carboxylic acids is 1. The number of nitrogens with zero attached hydrogens (tertiary/aromatic N) is 3. The van der Waals surface area contributed by atoms with Gasteiger partial charge >= 0.3 is 0 Å². The predicted molar refractivity (Wildman–Crippen MR) is 50.9 cm³/mol. The quantitative estimate of drug-likeness (QED) is 0.744. The van der Waals surface area contributed by atoms with Gasteiger partial charge in [0.1, 0.15) is 5.56 Å². The molecule has 0 spiro atoms. The maximum atomic E-state index is 11.0. The van der Waals surface area contributed by atoms with Crippen LogP contribution in [0.3, 0.4) is 0 Å². The van der Waals surface area contributed by atoms with Gasteiger partial charge in [-0.1, -0.05) is 6.92 Å². The van der Waals surface area contributed by atoms with E-state index < -0.39 is 5.91 Å². The molecular weight excluding hydrogens is 180 g/mol. The highest BCUT2D eigenvalue weighted by molar-refractivity contribution is 5.98. The van der Waals surface area contributed by atoms with Crippen LogP contribution in [0.5, 0.6) is 0 Å². The van der Waals surface area contributed by atoms with E-state index >= 15 is 0 Å². The van der Waals surface area contributed by atoms with Crippen LogP contribution in [-0.2, 0) is 6.42 Å². The van der Waals surface area contributed by atoms with Crippen LogP contribution in [-0.4, -0.2) is 20.5 Å². The molecule has 0 aliphatic rings. The standard InChI is InChI=1S/C9H10N4O/c1-2-6-3-4-13-9(12-6)7(5-11-13)8(10)14/h3-5H,2H2,1H3,(H2,10,14). The van der Waals surface area contributed by atoms with Crippen molar-refractivity contribution in [2.24, 2.45) is 5.73 Å². The number of primary amides is 1. The molecule has 2 heterocycles. The summed E-state index contributed by atoms with van der Waals surface area (Å²) < 4.78 is 1.54. The molecule has 2 rings (SSSR count). The maximum absolute atomic E-state index is 11.0. The summed E-state index contributed by atoms with van der Waals surface area (Å²) in [5, 5.41) is 3.97. The van der Waals surface area contributed by atoms with E-state index in [4.69, 9.17) is 5.73 Å². The number of fused-ring (bicyclic) bond motifs is 1. The van der Waals surface area contributed by atoms with Gasteiger partial charge in [-0.25, -0.2) is 9.50 Å². The zero-order chi connectivity index (χ0) is 10.1. The Balaban J connectivity index is 2.69. The van der Waals surface area contributed by atoms with Gasteiger partial charge in [-0.3, -0.25) is 4.79 Å². The lowest BCUT2D eigenvalue weighted by Crippen LogP contribution is -2.11. The number of hydrogen-bond acceptors (Lipinski definition) is 3. The van der Waals surface area contributed by atoms with Gasteiger partial charge in [0, 0.05) is 11.9 Å². The minimum atomic E-state index is -0.499. The second kappa shape index (κ2) is 3.10. The van der Waals surface area contributed by atoms with Gasteiger partial charge < -0.3 is 5.73 Å². The molecule has 0 radical (unpaired) electrons. The monoisotopic (exact) mass is 190 g/mol. The van der Waals surface area contributed by atoms with E-state index in [1.165, 1.54) is 6.20 Å². The molecule has 0 aromatic carbocycles. The smallest absolute Gasteiger partial charge is 0.254 e.